The minimum absolute atomic E-state index is 1.27. The van der Waals surface area contributed by atoms with Gasteiger partial charge >= 0.3 is 0 Å². The third-order valence-electron chi connectivity index (χ3n) is 1.42. The van der Waals surface area contributed by atoms with Crippen molar-refractivity contribution in [3.05, 3.63) is 5.57 Å². The molecule has 0 aliphatic heterocycles. The van der Waals surface area contributed by atoms with Crippen LogP contribution in [0.3, 0.4) is 0 Å². The highest BCUT2D eigenvalue weighted by atomic mass is 32.1. The number of hydrogen-bond acceptors (Lipinski definition) is 0. The molecule has 1 aliphatic rings. The average Bonchev–Trinajstić information content (AvgIpc) is 2.19. The molecule has 0 spiro atoms. The largest absolute Gasteiger partial charge is 0.109 e. The zero-order valence-electron chi connectivity index (χ0n) is 4.94. The standard InChI is InChI=1S/C7H10S/c1-8-6-7-4-2-3-5-7/h1-5H2. The van der Waals surface area contributed by atoms with Crippen LogP contribution < -0.4 is 0 Å². The lowest BCUT2D eigenvalue weighted by Crippen LogP contribution is -1.66. The summed E-state index contributed by atoms with van der Waals surface area (Å²) in [4.78, 5) is 0. The monoisotopic (exact) mass is 126 g/mol. The molecule has 0 aromatic heterocycles. The van der Waals surface area contributed by atoms with Crippen LogP contribution in [0.5, 0.6) is 0 Å². The Labute approximate surface area is 53.8 Å². The molecule has 0 nitrogen and oxygen atoms in total. The van der Waals surface area contributed by atoms with Gasteiger partial charge in [-0.25, -0.2) is 0 Å². The molecule has 0 atom stereocenters. The molecule has 1 fully saturated rings. The summed E-state index contributed by atoms with van der Waals surface area (Å²) < 4.78 is 0. The van der Waals surface area contributed by atoms with Gasteiger partial charge in [0.25, 0.3) is 0 Å². The molecule has 0 bridgehead atoms. The first-order chi connectivity index (χ1) is 3.93. The van der Waals surface area contributed by atoms with E-state index >= 15 is 0 Å². The maximum atomic E-state index is 3.63. The summed E-state index contributed by atoms with van der Waals surface area (Å²) in [6, 6.07) is 0. The van der Waals surface area contributed by atoms with Crippen molar-refractivity contribution in [3.63, 3.8) is 0 Å². The van der Waals surface area contributed by atoms with E-state index in [1.54, 1.807) is 0 Å². The van der Waals surface area contributed by atoms with Crippen molar-refractivity contribution >= 4 is 21.8 Å². The first kappa shape index (κ1) is 5.87. The van der Waals surface area contributed by atoms with Crippen LogP contribution in [0.15, 0.2) is 5.57 Å². The van der Waals surface area contributed by atoms with E-state index < -0.39 is 0 Å². The molecular formula is C7H10S. The lowest BCUT2D eigenvalue weighted by atomic mass is 10.3. The number of allylic oxidation sites excluding steroid dienone is 1. The Balaban J connectivity index is 2.72. The fraction of sp³-hybridized carbons (Fsp3) is 0.571. The molecule has 0 N–H and O–H groups in total. The lowest BCUT2D eigenvalue weighted by Gasteiger charge is -1.80. The third kappa shape index (κ3) is 1.36. The second kappa shape index (κ2) is 2.91. The van der Waals surface area contributed by atoms with Gasteiger partial charge in [0.1, 0.15) is 0 Å². The Bertz CT molecular complexity index is 149. The Morgan fingerprint density at radius 2 is 2.00 bits per heavy atom. The van der Waals surface area contributed by atoms with Crippen LogP contribution in [0.2, 0.25) is 0 Å². The maximum Gasteiger partial charge on any atom is -0.0177 e. The van der Waals surface area contributed by atoms with Gasteiger partial charge < -0.3 is 0 Å². The summed E-state index contributed by atoms with van der Waals surface area (Å²) in [7, 11) is 1.46. The van der Waals surface area contributed by atoms with E-state index in [1.807, 2.05) is 0 Å². The molecule has 1 heteroatoms. The molecule has 0 saturated heterocycles. The first-order valence-electron chi connectivity index (χ1n) is 2.95. The Kier molecular flexibility index (Phi) is 2.13. The molecule has 1 rings (SSSR count). The maximum absolute atomic E-state index is 3.63. The second-order valence-corrected chi connectivity index (χ2v) is 2.55. The quantitative estimate of drug-likeness (QED) is 0.436. The molecule has 0 heterocycles. The topological polar surface area (TPSA) is 0 Å². The second-order valence-electron chi connectivity index (χ2n) is 2.06. The van der Waals surface area contributed by atoms with Crippen molar-refractivity contribution in [1.29, 1.82) is 0 Å². The Morgan fingerprint density at radius 1 is 1.38 bits per heavy atom. The van der Waals surface area contributed by atoms with Crippen molar-refractivity contribution in [2.24, 2.45) is 0 Å². The molecule has 0 radical (unpaired) electrons. The van der Waals surface area contributed by atoms with Crippen molar-refractivity contribution in [1.82, 2.24) is 0 Å². The molecule has 0 aromatic rings. The molecule has 44 valence electrons. The lowest BCUT2D eigenvalue weighted by molar-refractivity contribution is 0.886. The normalized spacial score (nSPS) is 18.2. The van der Waals surface area contributed by atoms with E-state index in [2.05, 4.69) is 10.9 Å². The molecule has 0 unspecified atom stereocenters. The molecule has 8 heavy (non-hydrogen) atoms. The van der Waals surface area contributed by atoms with E-state index in [9.17, 15) is 0 Å². The van der Waals surface area contributed by atoms with Crippen molar-refractivity contribution in [2.45, 2.75) is 25.7 Å². The van der Waals surface area contributed by atoms with Gasteiger partial charge in [-0.05, 0) is 37.1 Å². The van der Waals surface area contributed by atoms with Crippen LogP contribution in [0, 0.1) is 0 Å². The van der Waals surface area contributed by atoms with Crippen LogP contribution >= 0.6 is 10.9 Å². The first-order valence-corrected chi connectivity index (χ1v) is 3.94. The van der Waals surface area contributed by atoms with E-state index in [1.165, 1.54) is 42.2 Å². The summed E-state index contributed by atoms with van der Waals surface area (Å²) in [5, 5.41) is 3.17. The number of hydrogen-bond donors (Lipinski definition) is 0. The Hall–Kier alpha value is -0.260. The minimum atomic E-state index is 1.27. The van der Waals surface area contributed by atoms with Crippen LogP contribution in [0.4, 0.5) is 0 Å². The number of rotatable bonds is 0. The van der Waals surface area contributed by atoms with E-state index in [0.29, 0.717) is 0 Å². The van der Waals surface area contributed by atoms with Gasteiger partial charge in [-0.15, -0.1) is 10.9 Å². The fourth-order valence-electron chi connectivity index (χ4n) is 1.01. The minimum Gasteiger partial charge on any atom is -0.109 e. The van der Waals surface area contributed by atoms with Crippen LogP contribution in [0.1, 0.15) is 25.7 Å². The van der Waals surface area contributed by atoms with Crippen LogP contribution in [-0.4, -0.2) is 10.9 Å². The Morgan fingerprint density at radius 3 is 2.50 bits per heavy atom. The molecule has 1 aliphatic carbocycles. The molecular weight excluding hydrogens is 116 g/mol. The molecule has 1 saturated carbocycles. The smallest absolute Gasteiger partial charge is 0.0177 e. The van der Waals surface area contributed by atoms with E-state index in [0.717, 1.165) is 0 Å². The fourth-order valence-corrected chi connectivity index (χ4v) is 1.41. The summed E-state index contributed by atoms with van der Waals surface area (Å²) >= 11 is 0. The zero-order valence-corrected chi connectivity index (χ0v) is 5.76. The summed E-state index contributed by atoms with van der Waals surface area (Å²) in [5.74, 6) is 3.63. The van der Waals surface area contributed by atoms with Crippen molar-refractivity contribution in [3.8, 4) is 0 Å². The van der Waals surface area contributed by atoms with Crippen molar-refractivity contribution < 1.29 is 0 Å². The van der Waals surface area contributed by atoms with Gasteiger partial charge in [-0.2, -0.15) is 0 Å². The highest BCUT2D eigenvalue weighted by molar-refractivity contribution is 7.94. The van der Waals surface area contributed by atoms with E-state index in [-0.39, 0.29) is 0 Å². The highest BCUT2D eigenvalue weighted by Crippen LogP contribution is 2.20. The highest BCUT2D eigenvalue weighted by Gasteiger charge is 2.03. The average molecular weight is 126 g/mol. The van der Waals surface area contributed by atoms with Gasteiger partial charge in [0.15, 0.2) is 0 Å². The third-order valence-corrected chi connectivity index (χ3v) is 1.86. The molecule has 0 amide bonds. The molecule has 0 aromatic carbocycles. The van der Waals surface area contributed by atoms with Crippen molar-refractivity contribution in [2.75, 3.05) is 0 Å². The predicted octanol–water partition coefficient (Wildman–Crippen LogP) is 2.05. The summed E-state index contributed by atoms with van der Waals surface area (Å²) in [6.07, 6.45) is 5.26. The van der Waals surface area contributed by atoms with Gasteiger partial charge in [0.2, 0.25) is 0 Å². The zero-order chi connectivity index (χ0) is 5.82. The van der Waals surface area contributed by atoms with Gasteiger partial charge in [0.05, 0.1) is 0 Å². The predicted molar refractivity (Wildman–Crippen MR) is 41.7 cm³/mol. The van der Waals surface area contributed by atoms with Gasteiger partial charge in [-0.1, -0.05) is 5.02 Å². The summed E-state index contributed by atoms with van der Waals surface area (Å²) in [5.41, 5.74) is 1.48. The summed E-state index contributed by atoms with van der Waals surface area (Å²) in [6.45, 7) is 0. The van der Waals surface area contributed by atoms with E-state index in [4.69, 9.17) is 0 Å². The van der Waals surface area contributed by atoms with Gasteiger partial charge in [0, 0.05) is 0 Å². The SMILES string of the molecule is C=S=C=C1CCCC1. The van der Waals surface area contributed by atoms with Crippen LogP contribution in [-0.2, 0) is 0 Å². The van der Waals surface area contributed by atoms with Crippen LogP contribution in [0.25, 0.3) is 0 Å². The van der Waals surface area contributed by atoms with Gasteiger partial charge in [-0.3, -0.25) is 0 Å².